The predicted molar refractivity (Wildman–Crippen MR) is 83.6 cm³/mol. The van der Waals surface area contributed by atoms with Gasteiger partial charge in [-0.3, -0.25) is 4.79 Å². The van der Waals surface area contributed by atoms with E-state index >= 15 is 0 Å². The van der Waals surface area contributed by atoms with E-state index in [1.807, 2.05) is 0 Å². The number of carbonyl (C=O) groups is 1. The maximum absolute atomic E-state index is 13.2. The van der Waals surface area contributed by atoms with Gasteiger partial charge in [0, 0.05) is 37.5 Å². The van der Waals surface area contributed by atoms with E-state index in [-0.39, 0.29) is 43.4 Å². The minimum absolute atomic E-state index is 0.160. The van der Waals surface area contributed by atoms with Crippen LogP contribution in [0.4, 0.5) is 8.78 Å². The van der Waals surface area contributed by atoms with Crippen LogP contribution < -0.4 is 5.32 Å². The fraction of sp³-hybridized carbons (Fsp3) is 0.706. The van der Waals surface area contributed by atoms with E-state index in [1.165, 1.54) is 0 Å². The lowest BCUT2D eigenvalue weighted by molar-refractivity contribution is -0.129. The predicted octanol–water partition coefficient (Wildman–Crippen LogP) is 2.81. The highest BCUT2D eigenvalue weighted by atomic mass is 19.3. The Labute approximate surface area is 140 Å². The Morgan fingerprint density at radius 2 is 2.12 bits per heavy atom. The second-order valence-electron chi connectivity index (χ2n) is 6.67. The summed E-state index contributed by atoms with van der Waals surface area (Å²) in [7, 11) is 0. The molecule has 1 saturated heterocycles. The smallest absolute Gasteiger partial charge is 0.248 e. The van der Waals surface area contributed by atoms with Gasteiger partial charge in [0.2, 0.25) is 11.8 Å². The quantitative estimate of drug-likeness (QED) is 0.916. The zero-order valence-electron chi connectivity index (χ0n) is 13.6. The molecule has 1 aliphatic heterocycles. The summed E-state index contributed by atoms with van der Waals surface area (Å²) in [6.45, 7) is 1.72. The molecule has 1 N–H and O–H groups in total. The van der Waals surface area contributed by atoms with Crippen molar-refractivity contribution in [2.75, 3.05) is 13.2 Å². The topological polar surface area (TPSA) is 64.1 Å². The van der Waals surface area contributed by atoms with E-state index in [0.29, 0.717) is 13.2 Å². The summed E-state index contributed by atoms with van der Waals surface area (Å²) in [5.41, 5.74) is 0.736. The highest BCUT2D eigenvalue weighted by Gasteiger charge is 2.37. The molecule has 2 heterocycles. The van der Waals surface area contributed by atoms with E-state index in [1.54, 1.807) is 12.3 Å². The molecule has 7 heteroatoms. The van der Waals surface area contributed by atoms with Crippen molar-refractivity contribution in [1.29, 1.82) is 0 Å². The molecule has 1 aromatic rings. The third-order valence-corrected chi connectivity index (χ3v) is 4.79. The van der Waals surface area contributed by atoms with E-state index in [9.17, 15) is 13.6 Å². The van der Waals surface area contributed by atoms with E-state index in [0.717, 1.165) is 31.0 Å². The second-order valence-corrected chi connectivity index (χ2v) is 6.67. The summed E-state index contributed by atoms with van der Waals surface area (Å²) < 4.78 is 31.8. The lowest BCUT2D eigenvalue weighted by atomic mass is 9.86. The van der Waals surface area contributed by atoms with Gasteiger partial charge in [-0.1, -0.05) is 0 Å². The zero-order chi connectivity index (χ0) is 17.0. The molecule has 5 nitrogen and oxygen atoms in total. The largest absolute Gasteiger partial charge is 0.381 e. The van der Waals surface area contributed by atoms with Gasteiger partial charge in [-0.2, -0.15) is 0 Å². The number of nitrogens with zero attached hydrogens (tertiary/aromatic N) is 2. The molecule has 0 unspecified atom stereocenters. The van der Waals surface area contributed by atoms with Gasteiger partial charge < -0.3 is 10.1 Å². The number of alkyl halides is 2. The van der Waals surface area contributed by atoms with Crippen LogP contribution in [0.15, 0.2) is 12.3 Å². The third-order valence-electron chi connectivity index (χ3n) is 4.79. The number of carbonyl (C=O) groups excluding carboxylic acids is 1. The number of amides is 1. The zero-order valence-corrected chi connectivity index (χ0v) is 13.6. The first-order valence-corrected chi connectivity index (χ1v) is 8.59. The van der Waals surface area contributed by atoms with E-state index < -0.39 is 5.92 Å². The number of halogens is 2. The molecule has 1 saturated carbocycles. The first-order valence-electron chi connectivity index (χ1n) is 8.59. The first-order chi connectivity index (χ1) is 11.5. The third kappa shape index (κ3) is 4.47. The van der Waals surface area contributed by atoms with Crippen molar-refractivity contribution in [3.8, 4) is 0 Å². The number of nitrogens with one attached hydrogen (secondary N) is 1. The molecule has 24 heavy (non-hydrogen) atoms. The average Bonchev–Trinajstić information content (AvgIpc) is 2.61. The molecule has 1 aromatic heterocycles. The highest BCUT2D eigenvalue weighted by Crippen LogP contribution is 2.36. The Bertz CT molecular complexity index is 567. The standard InChI is InChI=1S/C17H23F2N3O2/c18-17(19)6-3-12(4-7-17)16(23)21-10-14-5-8-20-15(22-14)13-2-1-9-24-11-13/h5,8,12-13H,1-4,6-7,9-11H2,(H,21,23)/t13-/m0/s1. The Morgan fingerprint density at radius 1 is 1.33 bits per heavy atom. The van der Waals surface area contributed by atoms with Crippen molar-refractivity contribution in [3.05, 3.63) is 23.8 Å². The maximum Gasteiger partial charge on any atom is 0.248 e. The van der Waals surface area contributed by atoms with Crippen LogP contribution in [0.3, 0.4) is 0 Å². The Balaban J connectivity index is 1.52. The maximum atomic E-state index is 13.2. The fourth-order valence-corrected chi connectivity index (χ4v) is 3.28. The summed E-state index contributed by atoms with van der Waals surface area (Å²) in [6, 6.07) is 1.77. The van der Waals surface area contributed by atoms with Crippen molar-refractivity contribution in [2.45, 2.75) is 56.9 Å². The SMILES string of the molecule is O=C(NCc1ccnc([C@H]2CCCOC2)n1)C1CCC(F)(F)CC1. The van der Waals surface area contributed by atoms with Gasteiger partial charge in [-0.25, -0.2) is 18.7 Å². The van der Waals surface area contributed by atoms with Gasteiger partial charge in [-0.05, 0) is 31.7 Å². The van der Waals surface area contributed by atoms with Crippen LogP contribution in [0.2, 0.25) is 0 Å². The van der Waals surface area contributed by atoms with Crippen LogP contribution in [-0.4, -0.2) is 35.0 Å². The molecular weight excluding hydrogens is 316 g/mol. The molecular formula is C17H23F2N3O2. The number of aromatic nitrogens is 2. The summed E-state index contributed by atoms with van der Waals surface area (Å²) >= 11 is 0. The van der Waals surface area contributed by atoms with Crippen LogP contribution in [0, 0.1) is 5.92 Å². The molecule has 1 aliphatic carbocycles. The molecule has 1 amide bonds. The molecule has 1 atom stereocenters. The van der Waals surface area contributed by atoms with Gasteiger partial charge in [0.1, 0.15) is 5.82 Å². The monoisotopic (exact) mass is 339 g/mol. The Hall–Kier alpha value is -1.63. The molecule has 0 aromatic carbocycles. The lowest BCUT2D eigenvalue weighted by Gasteiger charge is -2.27. The normalized spacial score (nSPS) is 24.5. The number of hydrogen-bond acceptors (Lipinski definition) is 4. The van der Waals surface area contributed by atoms with Crippen LogP contribution in [0.1, 0.15) is 56.0 Å². The van der Waals surface area contributed by atoms with Crippen molar-refractivity contribution >= 4 is 5.91 Å². The fourth-order valence-electron chi connectivity index (χ4n) is 3.28. The summed E-state index contributed by atoms with van der Waals surface area (Å²) in [4.78, 5) is 21.0. The number of hydrogen-bond donors (Lipinski definition) is 1. The van der Waals surface area contributed by atoms with Crippen LogP contribution in [0.5, 0.6) is 0 Å². The van der Waals surface area contributed by atoms with Crippen molar-refractivity contribution in [3.63, 3.8) is 0 Å². The van der Waals surface area contributed by atoms with E-state index in [2.05, 4.69) is 15.3 Å². The summed E-state index contributed by atoms with van der Waals surface area (Å²) in [5.74, 6) is -2.14. The van der Waals surface area contributed by atoms with Crippen LogP contribution in [0.25, 0.3) is 0 Å². The van der Waals surface area contributed by atoms with Crippen molar-refractivity contribution in [1.82, 2.24) is 15.3 Å². The average molecular weight is 339 g/mol. The van der Waals surface area contributed by atoms with Crippen molar-refractivity contribution < 1.29 is 18.3 Å². The van der Waals surface area contributed by atoms with Gasteiger partial charge in [0.25, 0.3) is 0 Å². The minimum Gasteiger partial charge on any atom is -0.381 e. The molecule has 0 bridgehead atoms. The number of ether oxygens (including phenoxy) is 1. The second kappa shape index (κ2) is 7.51. The lowest BCUT2D eigenvalue weighted by Crippen LogP contribution is -2.35. The minimum atomic E-state index is -2.61. The molecule has 0 radical (unpaired) electrons. The summed E-state index contributed by atoms with van der Waals surface area (Å²) in [6.07, 6.45) is 3.78. The molecule has 0 spiro atoms. The van der Waals surface area contributed by atoms with Crippen LogP contribution >= 0.6 is 0 Å². The van der Waals surface area contributed by atoms with Gasteiger partial charge in [0.05, 0.1) is 18.8 Å². The first kappa shape index (κ1) is 17.2. The summed E-state index contributed by atoms with van der Waals surface area (Å²) in [5, 5.41) is 2.82. The van der Waals surface area contributed by atoms with Gasteiger partial charge >= 0.3 is 0 Å². The molecule has 2 fully saturated rings. The Morgan fingerprint density at radius 3 is 2.83 bits per heavy atom. The highest BCUT2D eigenvalue weighted by molar-refractivity contribution is 5.78. The van der Waals surface area contributed by atoms with Crippen molar-refractivity contribution in [2.24, 2.45) is 5.92 Å². The molecule has 2 aliphatic rings. The number of rotatable bonds is 4. The van der Waals surface area contributed by atoms with Gasteiger partial charge in [0.15, 0.2) is 0 Å². The van der Waals surface area contributed by atoms with E-state index in [4.69, 9.17) is 4.74 Å². The molecule has 132 valence electrons. The Kier molecular flexibility index (Phi) is 5.38. The molecule has 3 rings (SSSR count). The van der Waals surface area contributed by atoms with Gasteiger partial charge in [-0.15, -0.1) is 0 Å². The van der Waals surface area contributed by atoms with Crippen LogP contribution in [-0.2, 0) is 16.1 Å².